The number of nitrogens with zero attached hydrogens (tertiary/aromatic N) is 1. The van der Waals surface area contributed by atoms with Crippen LogP contribution in [0, 0.1) is 5.82 Å². The van der Waals surface area contributed by atoms with Gasteiger partial charge in [0, 0.05) is 17.1 Å². The first-order valence-corrected chi connectivity index (χ1v) is 12.0. The van der Waals surface area contributed by atoms with Gasteiger partial charge in [-0.15, -0.1) is 0 Å². The van der Waals surface area contributed by atoms with Crippen LogP contribution < -0.4 is 15.2 Å². The molecule has 0 unspecified atom stereocenters. The molecule has 0 aromatic heterocycles. The molecule has 7 heteroatoms. The number of nitrogens with two attached hydrogens (primary N) is 1. The van der Waals surface area contributed by atoms with E-state index >= 15 is 0 Å². The van der Waals surface area contributed by atoms with Crippen molar-refractivity contribution in [3.8, 4) is 11.5 Å². The molecule has 0 aliphatic carbocycles. The maximum absolute atomic E-state index is 14.6. The van der Waals surface area contributed by atoms with Gasteiger partial charge in [0.05, 0.1) is 14.2 Å². The average Bonchev–Trinajstić information content (AvgIpc) is 2.83. The first-order valence-electron chi connectivity index (χ1n) is 11.2. The Hall–Kier alpha value is -2.90. The molecule has 4 rings (SSSR count). The van der Waals surface area contributed by atoms with E-state index in [4.69, 9.17) is 15.2 Å². The summed E-state index contributed by atoms with van der Waals surface area (Å²) in [6, 6.07) is 17.9. The highest BCUT2D eigenvalue weighted by Gasteiger charge is 2.36. The highest BCUT2D eigenvalue weighted by atomic mass is 79.9. The molecule has 1 aliphatic rings. The van der Waals surface area contributed by atoms with Gasteiger partial charge in [0.2, 0.25) is 5.91 Å². The highest BCUT2D eigenvalue weighted by Crippen LogP contribution is 2.43. The smallest absolute Gasteiger partial charge is 0.239 e. The van der Waals surface area contributed by atoms with Gasteiger partial charge in [0.1, 0.15) is 11.9 Å². The average molecular weight is 527 g/mol. The molecular weight excluding hydrogens is 499 g/mol. The molecule has 178 valence electrons. The molecule has 1 amide bonds. The number of fused-ring (bicyclic) bond motifs is 1. The minimum Gasteiger partial charge on any atom is -0.493 e. The van der Waals surface area contributed by atoms with Crippen LogP contribution in [0.1, 0.15) is 40.8 Å². The Bertz CT molecular complexity index is 1170. The fourth-order valence-electron chi connectivity index (χ4n) is 4.85. The molecule has 0 radical (unpaired) electrons. The second-order valence-corrected chi connectivity index (χ2v) is 9.32. The number of ether oxygens (including phenoxy) is 2. The second kappa shape index (κ2) is 10.6. The van der Waals surface area contributed by atoms with Gasteiger partial charge in [-0.05, 0) is 65.8 Å². The predicted octanol–water partition coefficient (Wildman–Crippen LogP) is 5.36. The summed E-state index contributed by atoms with van der Waals surface area (Å²) in [5.74, 6) is 0.633. The normalized spacial score (nSPS) is 16.5. The van der Waals surface area contributed by atoms with Gasteiger partial charge >= 0.3 is 0 Å². The molecule has 2 atom stereocenters. The monoisotopic (exact) mass is 526 g/mol. The summed E-state index contributed by atoms with van der Waals surface area (Å²) < 4.78 is 26.4. The lowest BCUT2D eigenvalue weighted by molar-refractivity contribution is -0.124. The molecular formula is C27H28BrFN2O3. The topological polar surface area (TPSA) is 64.8 Å². The zero-order chi connectivity index (χ0) is 24.2. The number of primary amides is 1. The van der Waals surface area contributed by atoms with Crippen molar-refractivity contribution in [3.63, 3.8) is 0 Å². The van der Waals surface area contributed by atoms with Crippen molar-refractivity contribution in [2.45, 2.75) is 31.3 Å². The molecule has 5 nitrogen and oxygen atoms in total. The number of aryl methyl sites for hydroxylation is 1. The van der Waals surface area contributed by atoms with Crippen LogP contribution in [0.5, 0.6) is 11.5 Å². The summed E-state index contributed by atoms with van der Waals surface area (Å²) in [4.78, 5) is 14.9. The van der Waals surface area contributed by atoms with Crippen molar-refractivity contribution in [1.82, 2.24) is 4.90 Å². The Morgan fingerprint density at radius 1 is 1.12 bits per heavy atom. The summed E-state index contributed by atoms with van der Waals surface area (Å²) in [6.45, 7) is 0.637. The van der Waals surface area contributed by atoms with Gasteiger partial charge in [-0.3, -0.25) is 9.69 Å². The second-order valence-electron chi connectivity index (χ2n) is 8.40. The fourth-order valence-corrected chi connectivity index (χ4v) is 5.18. The Kier molecular flexibility index (Phi) is 7.54. The fraction of sp³-hybridized carbons (Fsp3) is 0.296. The first-order chi connectivity index (χ1) is 16.4. The SMILES string of the molecule is COc1cc2c(cc1OC)[C@H](CCc1ccc(Br)cc1F)N([C@@H](C(N)=O)c1ccccc1)CC2. The number of benzene rings is 3. The van der Waals surface area contributed by atoms with Crippen LogP contribution >= 0.6 is 15.9 Å². The number of carbonyl (C=O) groups is 1. The van der Waals surface area contributed by atoms with Crippen molar-refractivity contribution in [2.75, 3.05) is 20.8 Å². The van der Waals surface area contributed by atoms with Gasteiger partial charge in [-0.2, -0.15) is 0 Å². The molecule has 1 aliphatic heterocycles. The van der Waals surface area contributed by atoms with Crippen LogP contribution in [0.25, 0.3) is 0 Å². The van der Waals surface area contributed by atoms with Crippen molar-refractivity contribution in [1.29, 1.82) is 0 Å². The molecule has 2 N–H and O–H groups in total. The number of carbonyl (C=O) groups excluding carboxylic acids is 1. The first kappa shape index (κ1) is 24.2. The minimum absolute atomic E-state index is 0.163. The molecule has 3 aromatic carbocycles. The minimum atomic E-state index is -0.595. The maximum Gasteiger partial charge on any atom is 0.239 e. The van der Waals surface area contributed by atoms with Crippen LogP contribution in [0.3, 0.4) is 0 Å². The zero-order valence-corrected chi connectivity index (χ0v) is 20.8. The number of rotatable bonds is 8. The van der Waals surface area contributed by atoms with Crippen LogP contribution in [0.4, 0.5) is 4.39 Å². The number of methoxy groups -OCH3 is 2. The number of amides is 1. The van der Waals surface area contributed by atoms with E-state index in [1.165, 1.54) is 6.07 Å². The summed E-state index contributed by atoms with van der Waals surface area (Å²) in [5.41, 5.74) is 9.59. The summed E-state index contributed by atoms with van der Waals surface area (Å²) in [5, 5.41) is 0. The Balaban J connectivity index is 1.76. The number of hydrogen-bond acceptors (Lipinski definition) is 4. The van der Waals surface area contributed by atoms with Crippen LogP contribution in [0.2, 0.25) is 0 Å². The number of hydrogen-bond donors (Lipinski definition) is 1. The maximum atomic E-state index is 14.6. The van der Waals surface area contributed by atoms with E-state index in [2.05, 4.69) is 20.8 Å². The van der Waals surface area contributed by atoms with Gasteiger partial charge in [0.15, 0.2) is 11.5 Å². The lowest BCUT2D eigenvalue weighted by atomic mass is 9.86. The third kappa shape index (κ3) is 4.95. The Morgan fingerprint density at radius 3 is 2.47 bits per heavy atom. The Morgan fingerprint density at radius 2 is 1.82 bits per heavy atom. The molecule has 34 heavy (non-hydrogen) atoms. The summed E-state index contributed by atoms with van der Waals surface area (Å²) >= 11 is 3.32. The summed E-state index contributed by atoms with van der Waals surface area (Å²) in [6.07, 6.45) is 1.85. The van der Waals surface area contributed by atoms with Crippen molar-refractivity contribution in [3.05, 3.63) is 93.2 Å². The standard InChI is InChI=1S/C27H28BrFN2O3/c1-33-24-14-19-12-13-31(26(27(30)32)18-6-4-3-5-7-18)23(21(19)16-25(24)34-2)11-9-17-8-10-20(28)15-22(17)29/h3-8,10,14-16,23,26H,9,11-13H2,1-2H3,(H2,30,32)/t23-,26+/m0/s1. The molecule has 0 spiro atoms. The lowest BCUT2D eigenvalue weighted by Gasteiger charge is -2.41. The van der Waals surface area contributed by atoms with E-state index in [0.29, 0.717) is 40.9 Å². The third-order valence-electron chi connectivity index (χ3n) is 6.46. The molecule has 0 saturated heterocycles. The quantitative estimate of drug-likeness (QED) is 0.428. The van der Waals surface area contributed by atoms with Gasteiger partial charge in [-0.25, -0.2) is 4.39 Å². The largest absolute Gasteiger partial charge is 0.493 e. The van der Waals surface area contributed by atoms with Crippen molar-refractivity contribution < 1.29 is 18.7 Å². The zero-order valence-electron chi connectivity index (χ0n) is 19.3. The predicted molar refractivity (Wildman–Crippen MR) is 133 cm³/mol. The molecule has 0 bridgehead atoms. The highest BCUT2D eigenvalue weighted by molar-refractivity contribution is 9.10. The Labute approximate surface area is 207 Å². The lowest BCUT2D eigenvalue weighted by Crippen LogP contribution is -2.44. The van der Waals surface area contributed by atoms with Gasteiger partial charge in [-0.1, -0.05) is 52.3 Å². The van der Waals surface area contributed by atoms with Crippen LogP contribution in [-0.4, -0.2) is 31.6 Å². The molecule has 1 heterocycles. The molecule has 0 saturated carbocycles. The van der Waals surface area contributed by atoms with E-state index in [0.717, 1.165) is 23.1 Å². The van der Waals surface area contributed by atoms with E-state index < -0.39 is 11.9 Å². The van der Waals surface area contributed by atoms with Crippen molar-refractivity contribution in [2.24, 2.45) is 5.73 Å². The van der Waals surface area contributed by atoms with E-state index in [-0.39, 0.29) is 11.9 Å². The summed E-state index contributed by atoms with van der Waals surface area (Å²) in [7, 11) is 3.22. The molecule has 0 fully saturated rings. The van der Waals surface area contributed by atoms with Crippen molar-refractivity contribution >= 4 is 21.8 Å². The van der Waals surface area contributed by atoms with E-state index in [9.17, 15) is 9.18 Å². The molecule has 3 aromatic rings. The van der Waals surface area contributed by atoms with Crippen LogP contribution in [0.15, 0.2) is 65.1 Å². The number of halogens is 2. The van der Waals surface area contributed by atoms with Gasteiger partial charge in [0.25, 0.3) is 0 Å². The van der Waals surface area contributed by atoms with Crippen LogP contribution in [-0.2, 0) is 17.6 Å². The van der Waals surface area contributed by atoms with Gasteiger partial charge < -0.3 is 15.2 Å². The van der Waals surface area contributed by atoms with E-state index in [1.807, 2.05) is 48.5 Å². The third-order valence-corrected chi connectivity index (χ3v) is 6.96. The van der Waals surface area contributed by atoms with E-state index in [1.54, 1.807) is 20.3 Å².